The second-order valence-electron chi connectivity index (χ2n) is 12.7. The van der Waals surface area contributed by atoms with Crippen molar-refractivity contribution in [3.05, 3.63) is 95.6 Å². The van der Waals surface area contributed by atoms with Crippen LogP contribution in [0.25, 0.3) is 0 Å². The monoisotopic (exact) mass is 588 g/mol. The van der Waals surface area contributed by atoms with Gasteiger partial charge in [-0.05, 0) is 64.8 Å². The minimum absolute atomic E-state index is 0.105. The molecule has 0 saturated heterocycles. The van der Waals surface area contributed by atoms with Gasteiger partial charge in [0, 0.05) is 24.1 Å². The summed E-state index contributed by atoms with van der Waals surface area (Å²) >= 11 is 0. The smallest absolute Gasteiger partial charge is 0.412 e. The van der Waals surface area contributed by atoms with Crippen LogP contribution in [0.5, 0.6) is 5.75 Å². The second kappa shape index (κ2) is 12.9. The summed E-state index contributed by atoms with van der Waals surface area (Å²) < 4.78 is 16.8. The van der Waals surface area contributed by atoms with E-state index in [1.165, 1.54) is 0 Å². The quantitative estimate of drug-likeness (QED) is 0.233. The standard InChI is InChI=1S/C34H41N3O6/c1-33(2,3)42-28-18-16-26(17-19-28)37(23-38)27(21-35-31(39)41-22-24-12-8-7-9-13-24)20-25-14-10-11-15-29(25)30(37)36-32(40)43-34(4,5)6/h7-19,23,27,30H,20-22H2,1-6H3,(H-,35,36,39,40)/p+1/t27?,30-,37?/m0/s1. The minimum atomic E-state index is -0.834. The van der Waals surface area contributed by atoms with Crippen molar-refractivity contribution in [3.8, 4) is 5.75 Å². The number of nitrogens with zero attached hydrogens (tertiary/aromatic N) is 1. The predicted molar refractivity (Wildman–Crippen MR) is 165 cm³/mol. The summed E-state index contributed by atoms with van der Waals surface area (Å²) in [7, 11) is 0. The first-order valence-corrected chi connectivity index (χ1v) is 14.5. The number of nitrogens with one attached hydrogen (secondary N) is 2. The second-order valence-corrected chi connectivity index (χ2v) is 12.7. The average molecular weight is 589 g/mol. The van der Waals surface area contributed by atoms with Crippen molar-refractivity contribution in [2.75, 3.05) is 6.54 Å². The van der Waals surface area contributed by atoms with Gasteiger partial charge in [0.05, 0.1) is 6.54 Å². The first kappa shape index (κ1) is 31.6. The molecule has 0 bridgehead atoms. The third-order valence-electron chi connectivity index (χ3n) is 7.07. The Morgan fingerprint density at radius 1 is 0.860 bits per heavy atom. The van der Waals surface area contributed by atoms with E-state index in [1.807, 2.05) is 99.6 Å². The molecule has 3 aromatic rings. The molecule has 4 rings (SSSR count). The first-order chi connectivity index (χ1) is 20.3. The third kappa shape index (κ3) is 7.93. The Morgan fingerprint density at radius 3 is 2.14 bits per heavy atom. The molecule has 43 heavy (non-hydrogen) atoms. The molecule has 0 fully saturated rings. The van der Waals surface area contributed by atoms with Crippen molar-refractivity contribution in [2.24, 2.45) is 0 Å². The van der Waals surface area contributed by atoms with Gasteiger partial charge in [-0.3, -0.25) is 5.32 Å². The lowest BCUT2D eigenvalue weighted by Crippen LogP contribution is -2.68. The van der Waals surface area contributed by atoms with Crippen molar-refractivity contribution in [1.82, 2.24) is 15.1 Å². The van der Waals surface area contributed by atoms with Gasteiger partial charge in [0.1, 0.15) is 35.3 Å². The highest BCUT2D eigenvalue weighted by Gasteiger charge is 2.52. The summed E-state index contributed by atoms with van der Waals surface area (Å²) in [4.78, 5) is 39.5. The van der Waals surface area contributed by atoms with Gasteiger partial charge < -0.3 is 19.5 Å². The molecule has 3 atom stereocenters. The first-order valence-electron chi connectivity index (χ1n) is 14.5. The fourth-order valence-corrected chi connectivity index (χ4v) is 5.33. The molecule has 0 spiro atoms. The molecule has 1 heterocycles. The number of hydrogen-bond donors (Lipinski definition) is 2. The van der Waals surface area contributed by atoms with E-state index < -0.39 is 35.6 Å². The van der Waals surface area contributed by atoms with E-state index >= 15 is 0 Å². The fourth-order valence-electron chi connectivity index (χ4n) is 5.33. The Balaban J connectivity index is 1.71. The number of amides is 3. The van der Waals surface area contributed by atoms with Crippen molar-refractivity contribution in [1.29, 1.82) is 0 Å². The van der Waals surface area contributed by atoms with Gasteiger partial charge in [-0.2, -0.15) is 0 Å². The molecular weight excluding hydrogens is 546 g/mol. The molecule has 9 heteroatoms. The number of quaternary nitrogens is 1. The maximum atomic E-state index is 13.5. The minimum Gasteiger partial charge on any atom is -0.488 e. The van der Waals surface area contributed by atoms with E-state index in [-0.39, 0.29) is 17.6 Å². The van der Waals surface area contributed by atoms with Crippen LogP contribution in [0.3, 0.4) is 0 Å². The van der Waals surface area contributed by atoms with Crippen LogP contribution in [-0.2, 0) is 27.3 Å². The molecule has 3 amide bonds. The number of benzene rings is 3. The van der Waals surface area contributed by atoms with E-state index in [1.54, 1.807) is 20.8 Å². The molecule has 0 saturated carbocycles. The predicted octanol–water partition coefficient (Wildman–Crippen LogP) is 6.40. The Labute approximate surface area is 253 Å². The molecule has 2 unspecified atom stereocenters. The number of rotatable bonds is 8. The van der Waals surface area contributed by atoms with Gasteiger partial charge in [0.15, 0.2) is 0 Å². The van der Waals surface area contributed by atoms with Crippen molar-refractivity contribution >= 4 is 24.3 Å². The maximum absolute atomic E-state index is 13.5. The van der Waals surface area contributed by atoms with E-state index in [9.17, 15) is 14.4 Å². The number of carbonyl (C=O) groups is 3. The molecule has 0 aliphatic carbocycles. The lowest BCUT2D eigenvalue weighted by molar-refractivity contribution is -0.123. The number of hydrogen-bond acceptors (Lipinski definition) is 6. The van der Waals surface area contributed by atoms with Crippen molar-refractivity contribution in [2.45, 2.75) is 78.0 Å². The fraction of sp³-hybridized carbons (Fsp3) is 0.382. The van der Waals surface area contributed by atoms with Crippen LogP contribution >= 0.6 is 0 Å². The maximum Gasteiger partial charge on any atom is 0.412 e. The van der Waals surface area contributed by atoms with Crippen LogP contribution in [-0.4, -0.2) is 42.4 Å². The Hall–Kier alpha value is -4.37. The molecule has 1 aliphatic rings. The molecule has 9 nitrogen and oxygen atoms in total. The van der Waals surface area contributed by atoms with Crippen LogP contribution in [0.15, 0.2) is 78.9 Å². The van der Waals surface area contributed by atoms with Gasteiger partial charge in [0.25, 0.3) is 0 Å². The topological polar surface area (TPSA) is 103 Å². The van der Waals surface area contributed by atoms with Gasteiger partial charge in [-0.15, -0.1) is 0 Å². The number of fused-ring (bicyclic) bond motifs is 1. The summed E-state index contributed by atoms with van der Waals surface area (Å²) in [6.07, 6.45) is -0.795. The summed E-state index contributed by atoms with van der Waals surface area (Å²) in [5.41, 5.74) is 2.08. The van der Waals surface area contributed by atoms with Gasteiger partial charge in [0.2, 0.25) is 6.17 Å². The lowest BCUT2D eigenvalue weighted by Gasteiger charge is -2.48. The van der Waals surface area contributed by atoms with Crippen molar-refractivity contribution in [3.63, 3.8) is 0 Å². The van der Waals surface area contributed by atoms with Crippen LogP contribution in [0, 0.1) is 0 Å². The summed E-state index contributed by atoms with van der Waals surface area (Å²) in [5.74, 6) is 0.647. The van der Waals surface area contributed by atoms with Gasteiger partial charge >= 0.3 is 18.6 Å². The van der Waals surface area contributed by atoms with E-state index in [0.29, 0.717) is 17.9 Å². The Morgan fingerprint density at radius 2 is 1.51 bits per heavy atom. The van der Waals surface area contributed by atoms with E-state index in [0.717, 1.165) is 23.1 Å². The van der Waals surface area contributed by atoms with Crippen LogP contribution in [0.2, 0.25) is 0 Å². The molecule has 3 aromatic carbocycles. The summed E-state index contributed by atoms with van der Waals surface area (Å²) in [5, 5.41) is 5.86. The molecular formula is C34H42N3O6+. The Bertz CT molecular complexity index is 1410. The number of alkyl carbamates (subject to hydrolysis) is 2. The Kier molecular flexibility index (Phi) is 9.45. The van der Waals surface area contributed by atoms with E-state index in [2.05, 4.69) is 10.6 Å². The summed E-state index contributed by atoms with van der Waals surface area (Å²) in [6.45, 7) is 11.4. The average Bonchev–Trinajstić information content (AvgIpc) is 2.94. The van der Waals surface area contributed by atoms with Crippen LogP contribution in [0.4, 0.5) is 15.3 Å². The number of carbonyl (C=O) groups excluding carboxylic acids is 3. The highest BCUT2D eigenvalue weighted by Crippen LogP contribution is 2.42. The SMILES string of the molecule is CC(C)(C)OC(=O)N[C@@H]1c2ccccc2CC(CNC(=O)OCc2ccccc2)[N+]1(C=O)c1ccc(OC(C)(C)C)cc1. The lowest BCUT2D eigenvalue weighted by atomic mass is 9.88. The summed E-state index contributed by atoms with van der Waals surface area (Å²) in [6, 6.07) is 23.9. The third-order valence-corrected chi connectivity index (χ3v) is 7.07. The zero-order valence-corrected chi connectivity index (χ0v) is 25.8. The molecule has 2 N–H and O–H groups in total. The zero-order valence-electron chi connectivity index (χ0n) is 25.8. The molecule has 0 aromatic heterocycles. The molecule has 1 aliphatic heterocycles. The van der Waals surface area contributed by atoms with Crippen molar-refractivity contribution < 1.29 is 28.6 Å². The van der Waals surface area contributed by atoms with Crippen LogP contribution in [0.1, 0.15) is 64.4 Å². The molecule has 0 radical (unpaired) electrons. The normalized spacial score (nSPS) is 19.9. The van der Waals surface area contributed by atoms with Gasteiger partial charge in [-0.25, -0.2) is 18.9 Å². The van der Waals surface area contributed by atoms with Gasteiger partial charge in [-0.1, -0.05) is 54.6 Å². The largest absolute Gasteiger partial charge is 0.488 e. The molecule has 228 valence electrons. The highest BCUT2D eigenvalue weighted by molar-refractivity contribution is 5.77. The van der Waals surface area contributed by atoms with Crippen LogP contribution < -0.4 is 19.9 Å². The zero-order chi connectivity index (χ0) is 31.3. The van der Waals surface area contributed by atoms with E-state index in [4.69, 9.17) is 14.2 Å². The number of ether oxygens (including phenoxy) is 3. The highest BCUT2D eigenvalue weighted by atomic mass is 16.6.